The number of nitrogens with one attached hydrogen (secondary N) is 1. The summed E-state index contributed by atoms with van der Waals surface area (Å²) in [5.74, 6) is -2.33. The Morgan fingerprint density at radius 3 is 2.11 bits per heavy atom. The molecule has 0 atom stereocenters. The maximum absolute atomic E-state index is 13.5. The van der Waals surface area contributed by atoms with E-state index in [4.69, 9.17) is 11.6 Å². The first-order chi connectivity index (χ1) is 8.92. The third kappa shape index (κ3) is 2.85. The molecule has 0 heterocycles. The van der Waals surface area contributed by atoms with Crippen molar-refractivity contribution in [1.29, 1.82) is 0 Å². The summed E-state index contributed by atoms with van der Waals surface area (Å²) in [6.07, 6.45) is 0. The van der Waals surface area contributed by atoms with Crippen LogP contribution in [0, 0.1) is 11.6 Å². The van der Waals surface area contributed by atoms with Crippen molar-refractivity contribution in [2.24, 2.45) is 0 Å². The highest BCUT2D eigenvalue weighted by Crippen LogP contribution is 2.26. The number of anilines is 1. The predicted molar refractivity (Wildman–Crippen MR) is 68.6 cm³/mol. The Morgan fingerprint density at radius 2 is 1.53 bits per heavy atom. The Bertz CT molecular complexity index is 699. The fourth-order valence-electron chi connectivity index (χ4n) is 1.48. The molecular formula is C12H8ClF2NO2S. The first kappa shape index (κ1) is 13.8. The minimum absolute atomic E-state index is 0.0480. The molecule has 0 saturated heterocycles. The van der Waals surface area contributed by atoms with E-state index in [0.717, 1.165) is 18.2 Å². The van der Waals surface area contributed by atoms with E-state index in [1.54, 1.807) is 12.1 Å². The average molecular weight is 304 g/mol. The monoisotopic (exact) mass is 303 g/mol. The quantitative estimate of drug-likeness (QED) is 0.944. The fourth-order valence-corrected chi connectivity index (χ4v) is 2.94. The standard InChI is InChI=1S/C12H8ClF2NO2S/c13-8-4-1-2-7-11(8)16-19(17,18)12-9(14)5-3-6-10(12)15/h1-7,16H. The van der Waals surface area contributed by atoms with E-state index in [9.17, 15) is 17.2 Å². The summed E-state index contributed by atoms with van der Waals surface area (Å²) in [5.41, 5.74) is 0.0480. The van der Waals surface area contributed by atoms with Crippen molar-refractivity contribution in [2.45, 2.75) is 4.90 Å². The van der Waals surface area contributed by atoms with E-state index in [-0.39, 0.29) is 10.7 Å². The summed E-state index contributed by atoms with van der Waals surface area (Å²) in [4.78, 5) is -1.03. The van der Waals surface area contributed by atoms with Gasteiger partial charge < -0.3 is 0 Å². The molecule has 0 aliphatic carbocycles. The van der Waals surface area contributed by atoms with Gasteiger partial charge in [0.05, 0.1) is 10.7 Å². The molecule has 0 saturated carbocycles. The molecule has 7 heteroatoms. The molecule has 2 aromatic carbocycles. The van der Waals surface area contributed by atoms with E-state index < -0.39 is 26.6 Å². The number of benzene rings is 2. The molecule has 0 aromatic heterocycles. The highest BCUT2D eigenvalue weighted by Gasteiger charge is 2.24. The lowest BCUT2D eigenvalue weighted by Gasteiger charge is -2.10. The molecular weight excluding hydrogens is 296 g/mol. The summed E-state index contributed by atoms with van der Waals surface area (Å²) < 4.78 is 52.9. The van der Waals surface area contributed by atoms with Gasteiger partial charge >= 0.3 is 0 Å². The van der Waals surface area contributed by atoms with Gasteiger partial charge in [-0.2, -0.15) is 0 Å². The van der Waals surface area contributed by atoms with Crippen LogP contribution in [0.2, 0.25) is 5.02 Å². The van der Waals surface area contributed by atoms with Crippen LogP contribution in [0.1, 0.15) is 0 Å². The van der Waals surface area contributed by atoms with Gasteiger partial charge in [0.15, 0.2) is 4.90 Å². The van der Waals surface area contributed by atoms with Crippen molar-refractivity contribution in [3.05, 3.63) is 59.1 Å². The van der Waals surface area contributed by atoms with E-state index in [2.05, 4.69) is 0 Å². The number of hydrogen-bond donors (Lipinski definition) is 1. The Labute approximate surface area is 113 Å². The Morgan fingerprint density at radius 1 is 0.947 bits per heavy atom. The van der Waals surface area contributed by atoms with Crippen molar-refractivity contribution >= 4 is 27.3 Å². The minimum atomic E-state index is -4.38. The predicted octanol–water partition coefficient (Wildman–Crippen LogP) is 3.42. The summed E-state index contributed by atoms with van der Waals surface area (Å²) >= 11 is 5.78. The van der Waals surface area contributed by atoms with Gasteiger partial charge in [-0.05, 0) is 24.3 Å². The molecule has 0 bridgehead atoms. The number of rotatable bonds is 3. The van der Waals surface area contributed by atoms with Crippen LogP contribution < -0.4 is 4.72 Å². The van der Waals surface area contributed by atoms with Crippen molar-refractivity contribution in [3.8, 4) is 0 Å². The molecule has 0 fully saturated rings. The summed E-state index contributed by atoms with van der Waals surface area (Å²) in [5, 5.41) is 0.128. The van der Waals surface area contributed by atoms with Crippen molar-refractivity contribution in [2.75, 3.05) is 4.72 Å². The van der Waals surface area contributed by atoms with E-state index in [1.165, 1.54) is 12.1 Å². The van der Waals surface area contributed by atoms with Crippen molar-refractivity contribution in [3.63, 3.8) is 0 Å². The molecule has 0 amide bonds. The van der Waals surface area contributed by atoms with Gasteiger partial charge in [0.1, 0.15) is 11.6 Å². The van der Waals surface area contributed by atoms with Crippen LogP contribution in [0.5, 0.6) is 0 Å². The Hall–Kier alpha value is -1.66. The molecule has 3 nitrogen and oxygen atoms in total. The zero-order valence-corrected chi connectivity index (χ0v) is 11.0. The third-order valence-electron chi connectivity index (χ3n) is 2.31. The first-order valence-corrected chi connectivity index (χ1v) is 6.99. The average Bonchev–Trinajstić information content (AvgIpc) is 2.31. The lowest BCUT2D eigenvalue weighted by Crippen LogP contribution is -2.16. The summed E-state index contributed by atoms with van der Waals surface area (Å²) in [7, 11) is -4.38. The SMILES string of the molecule is O=S(=O)(Nc1ccccc1Cl)c1c(F)cccc1F. The number of halogens is 3. The zero-order chi connectivity index (χ0) is 14.0. The molecule has 2 rings (SSSR count). The van der Waals surface area contributed by atoms with Crippen LogP contribution in [0.15, 0.2) is 47.4 Å². The van der Waals surface area contributed by atoms with E-state index in [1.807, 2.05) is 4.72 Å². The number of sulfonamides is 1. The Kier molecular flexibility index (Phi) is 3.73. The maximum Gasteiger partial charge on any atom is 0.267 e. The van der Waals surface area contributed by atoms with Gasteiger partial charge in [0, 0.05) is 0 Å². The molecule has 2 aromatic rings. The second-order valence-corrected chi connectivity index (χ2v) is 5.66. The van der Waals surface area contributed by atoms with Crippen LogP contribution >= 0.6 is 11.6 Å². The van der Waals surface area contributed by atoms with Crippen LogP contribution in [0.4, 0.5) is 14.5 Å². The summed E-state index contributed by atoms with van der Waals surface area (Å²) in [6.45, 7) is 0. The van der Waals surface area contributed by atoms with Crippen LogP contribution in [0.25, 0.3) is 0 Å². The largest absolute Gasteiger partial charge is 0.278 e. The number of para-hydroxylation sites is 1. The topological polar surface area (TPSA) is 46.2 Å². The van der Waals surface area contributed by atoms with Crippen LogP contribution in [0.3, 0.4) is 0 Å². The third-order valence-corrected chi connectivity index (χ3v) is 4.05. The second-order valence-electron chi connectivity index (χ2n) is 3.64. The molecule has 19 heavy (non-hydrogen) atoms. The normalized spacial score (nSPS) is 11.3. The van der Waals surface area contributed by atoms with Crippen LogP contribution in [-0.4, -0.2) is 8.42 Å². The molecule has 0 aliphatic rings. The van der Waals surface area contributed by atoms with Crippen molar-refractivity contribution in [1.82, 2.24) is 0 Å². The van der Waals surface area contributed by atoms with Gasteiger partial charge in [0.25, 0.3) is 10.0 Å². The second kappa shape index (κ2) is 5.14. The first-order valence-electron chi connectivity index (χ1n) is 5.13. The maximum atomic E-state index is 13.5. The molecule has 0 spiro atoms. The highest BCUT2D eigenvalue weighted by molar-refractivity contribution is 7.92. The van der Waals surface area contributed by atoms with Crippen molar-refractivity contribution < 1.29 is 17.2 Å². The van der Waals surface area contributed by atoms with Gasteiger partial charge in [0.2, 0.25) is 0 Å². The zero-order valence-electron chi connectivity index (χ0n) is 9.40. The lowest BCUT2D eigenvalue weighted by atomic mass is 10.3. The smallest absolute Gasteiger partial charge is 0.267 e. The molecule has 100 valence electrons. The molecule has 0 unspecified atom stereocenters. The Balaban J connectivity index is 2.47. The molecule has 0 aliphatic heterocycles. The van der Waals surface area contributed by atoms with Gasteiger partial charge in [-0.25, -0.2) is 17.2 Å². The van der Waals surface area contributed by atoms with Crippen LogP contribution in [-0.2, 0) is 10.0 Å². The summed E-state index contributed by atoms with van der Waals surface area (Å²) in [6, 6.07) is 8.80. The highest BCUT2D eigenvalue weighted by atomic mass is 35.5. The molecule has 0 radical (unpaired) electrons. The van der Waals surface area contributed by atoms with E-state index >= 15 is 0 Å². The fraction of sp³-hybridized carbons (Fsp3) is 0. The van der Waals surface area contributed by atoms with Gasteiger partial charge in [-0.15, -0.1) is 0 Å². The number of hydrogen-bond acceptors (Lipinski definition) is 2. The van der Waals surface area contributed by atoms with Gasteiger partial charge in [-0.3, -0.25) is 4.72 Å². The minimum Gasteiger partial charge on any atom is -0.278 e. The lowest BCUT2D eigenvalue weighted by molar-refractivity contribution is 0.521. The molecule has 1 N–H and O–H groups in total. The van der Waals surface area contributed by atoms with E-state index in [0.29, 0.717) is 0 Å². The van der Waals surface area contributed by atoms with Gasteiger partial charge in [-0.1, -0.05) is 29.8 Å².